The highest BCUT2D eigenvalue weighted by molar-refractivity contribution is 5.90. The van der Waals surface area contributed by atoms with Gasteiger partial charge in [-0.15, -0.1) is 0 Å². The number of rotatable bonds is 3. The van der Waals surface area contributed by atoms with E-state index in [0.717, 1.165) is 27.9 Å². The van der Waals surface area contributed by atoms with E-state index >= 15 is 0 Å². The molecule has 2 nitrogen and oxygen atoms in total. The molecule has 0 saturated heterocycles. The van der Waals surface area contributed by atoms with Crippen molar-refractivity contribution >= 4 is 23.1 Å². The Kier molecular flexibility index (Phi) is 4.73. The summed E-state index contributed by atoms with van der Waals surface area (Å²) in [6, 6.07) is 5.96. The fourth-order valence-corrected chi connectivity index (χ4v) is 1.67. The molecule has 0 bridgehead atoms. The van der Waals surface area contributed by atoms with Crippen molar-refractivity contribution in [1.82, 2.24) is 0 Å². The Morgan fingerprint density at radius 2 is 1.94 bits per heavy atom. The first-order chi connectivity index (χ1) is 8.30. The standard InChI is InChI=1S/C13H13NO.C2H6/c1-3-10-11-6-5-9(8-14)7-13(11)15-12(10)4-2;1-2/h3-7H,1-2,8,14H2;1-2H3. The molecule has 0 fully saturated rings. The molecule has 90 valence electrons. The number of furan rings is 1. The van der Waals surface area contributed by atoms with Gasteiger partial charge < -0.3 is 10.2 Å². The molecule has 2 rings (SSSR count). The summed E-state index contributed by atoms with van der Waals surface area (Å²) < 4.78 is 5.64. The zero-order valence-electron chi connectivity index (χ0n) is 10.5. The molecule has 2 aromatic rings. The smallest absolute Gasteiger partial charge is 0.135 e. The van der Waals surface area contributed by atoms with Crippen molar-refractivity contribution in [2.24, 2.45) is 5.73 Å². The maximum Gasteiger partial charge on any atom is 0.135 e. The zero-order chi connectivity index (χ0) is 12.8. The van der Waals surface area contributed by atoms with Gasteiger partial charge in [-0.3, -0.25) is 0 Å². The molecule has 2 heteroatoms. The van der Waals surface area contributed by atoms with Crippen molar-refractivity contribution < 1.29 is 4.42 Å². The van der Waals surface area contributed by atoms with E-state index in [4.69, 9.17) is 10.2 Å². The van der Waals surface area contributed by atoms with Crippen LogP contribution in [0.5, 0.6) is 0 Å². The highest BCUT2D eigenvalue weighted by Gasteiger charge is 2.08. The average molecular weight is 229 g/mol. The number of hydrogen-bond acceptors (Lipinski definition) is 2. The Morgan fingerprint density at radius 1 is 1.24 bits per heavy atom. The first-order valence-corrected chi connectivity index (χ1v) is 5.80. The van der Waals surface area contributed by atoms with Crippen molar-refractivity contribution in [3.63, 3.8) is 0 Å². The van der Waals surface area contributed by atoms with E-state index < -0.39 is 0 Å². The third-order valence-electron chi connectivity index (χ3n) is 2.45. The fourth-order valence-electron chi connectivity index (χ4n) is 1.67. The Morgan fingerprint density at radius 3 is 2.47 bits per heavy atom. The van der Waals surface area contributed by atoms with Gasteiger partial charge in [-0.25, -0.2) is 0 Å². The van der Waals surface area contributed by atoms with Crippen LogP contribution in [0.1, 0.15) is 30.7 Å². The van der Waals surface area contributed by atoms with Crippen LogP contribution in [0.15, 0.2) is 35.8 Å². The third kappa shape index (κ3) is 2.48. The molecule has 1 aromatic carbocycles. The molecule has 0 aliphatic carbocycles. The summed E-state index contributed by atoms with van der Waals surface area (Å²) in [4.78, 5) is 0. The molecule has 17 heavy (non-hydrogen) atoms. The van der Waals surface area contributed by atoms with Crippen LogP contribution in [0.25, 0.3) is 23.1 Å². The lowest BCUT2D eigenvalue weighted by Gasteiger charge is -1.95. The van der Waals surface area contributed by atoms with Crippen molar-refractivity contribution in [3.8, 4) is 0 Å². The van der Waals surface area contributed by atoms with Gasteiger partial charge in [0, 0.05) is 17.5 Å². The summed E-state index contributed by atoms with van der Waals surface area (Å²) in [7, 11) is 0. The topological polar surface area (TPSA) is 39.2 Å². The van der Waals surface area contributed by atoms with Crippen molar-refractivity contribution in [2.75, 3.05) is 0 Å². The highest BCUT2D eigenvalue weighted by atomic mass is 16.3. The summed E-state index contributed by atoms with van der Waals surface area (Å²) in [5, 5.41) is 1.05. The summed E-state index contributed by atoms with van der Waals surface area (Å²) in [5.41, 5.74) is 8.45. The molecule has 0 radical (unpaired) electrons. The zero-order valence-corrected chi connectivity index (χ0v) is 10.5. The van der Waals surface area contributed by atoms with Gasteiger partial charge in [-0.1, -0.05) is 45.2 Å². The number of benzene rings is 1. The van der Waals surface area contributed by atoms with E-state index in [1.54, 1.807) is 12.2 Å². The van der Waals surface area contributed by atoms with Crippen LogP contribution in [0.3, 0.4) is 0 Å². The Balaban J connectivity index is 0.000000686. The van der Waals surface area contributed by atoms with Gasteiger partial charge in [0.15, 0.2) is 0 Å². The van der Waals surface area contributed by atoms with Gasteiger partial charge in [0.1, 0.15) is 11.3 Å². The second-order valence-electron chi connectivity index (χ2n) is 3.32. The summed E-state index contributed by atoms with van der Waals surface area (Å²) in [6.07, 6.45) is 3.48. The van der Waals surface area contributed by atoms with Crippen molar-refractivity contribution in [1.29, 1.82) is 0 Å². The summed E-state index contributed by atoms with van der Waals surface area (Å²) >= 11 is 0. The van der Waals surface area contributed by atoms with Gasteiger partial charge in [0.05, 0.1) is 0 Å². The predicted octanol–water partition coefficient (Wildman–Crippen LogP) is 4.20. The van der Waals surface area contributed by atoms with Gasteiger partial charge in [-0.2, -0.15) is 0 Å². The van der Waals surface area contributed by atoms with Crippen molar-refractivity contribution in [2.45, 2.75) is 20.4 Å². The van der Waals surface area contributed by atoms with Crippen LogP contribution < -0.4 is 5.73 Å². The lowest BCUT2D eigenvalue weighted by Crippen LogP contribution is -1.94. The predicted molar refractivity (Wildman–Crippen MR) is 75.6 cm³/mol. The largest absolute Gasteiger partial charge is 0.456 e. The second kappa shape index (κ2) is 6.06. The van der Waals surface area contributed by atoms with Gasteiger partial charge in [0.25, 0.3) is 0 Å². The molecule has 0 unspecified atom stereocenters. The molecule has 0 aliphatic heterocycles. The fraction of sp³-hybridized carbons (Fsp3) is 0.200. The highest BCUT2D eigenvalue weighted by Crippen LogP contribution is 2.28. The molecular formula is C15H19NO. The third-order valence-corrected chi connectivity index (χ3v) is 2.45. The normalized spacial score (nSPS) is 9.59. The van der Waals surface area contributed by atoms with Crippen LogP contribution in [-0.4, -0.2) is 0 Å². The van der Waals surface area contributed by atoms with E-state index in [-0.39, 0.29) is 0 Å². The molecule has 2 N–H and O–H groups in total. The minimum Gasteiger partial charge on any atom is -0.456 e. The summed E-state index contributed by atoms with van der Waals surface area (Å²) in [6.45, 7) is 12.0. The maximum absolute atomic E-state index is 5.64. The van der Waals surface area contributed by atoms with Crippen LogP contribution in [0, 0.1) is 0 Å². The van der Waals surface area contributed by atoms with E-state index in [1.165, 1.54) is 0 Å². The molecule has 0 spiro atoms. The van der Waals surface area contributed by atoms with Crippen LogP contribution >= 0.6 is 0 Å². The Hall–Kier alpha value is -1.80. The molecule has 0 saturated carbocycles. The SMILES string of the molecule is C=Cc1oc2cc(CN)ccc2c1C=C.CC. The van der Waals surface area contributed by atoms with E-state index in [0.29, 0.717) is 6.54 Å². The van der Waals surface area contributed by atoms with Gasteiger partial charge in [0.2, 0.25) is 0 Å². The van der Waals surface area contributed by atoms with E-state index in [2.05, 4.69) is 13.2 Å². The monoisotopic (exact) mass is 229 g/mol. The molecule has 1 heterocycles. The van der Waals surface area contributed by atoms with Gasteiger partial charge >= 0.3 is 0 Å². The minimum absolute atomic E-state index is 0.517. The number of hydrogen-bond donors (Lipinski definition) is 1. The molecule has 0 amide bonds. The van der Waals surface area contributed by atoms with Crippen molar-refractivity contribution in [3.05, 3.63) is 48.2 Å². The number of nitrogens with two attached hydrogens (primary N) is 1. The lowest BCUT2D eigenvalue weighted by atomic mass is 10.1. The molecular weight excluding hydrogens is 210 g/mol. The molecule has 1 aromatic heterocycles. The lowest BCUT2D eigenvalue weighted by molar-refractivity contribution is 0.603. The Labute approximate surface area is 102 Å². The van der Waals surface area contributed by atoms with E-state index in [9.17, 15) is 0 Å². The summed E-state index contributed by atoms with van der Waals surface area (Å²) in [5.74, 6) is 0.758. The first kappa shape index (κ1) is 13.3. The van der Waals surface area contributed by atoms with Gasteiger partial charge in [-0.05, 0) is 17.7 Å². The molecule has 0 aliphatic rings. The average Bonchev–Trinajstić information content (AvgIpc) is 2.77. The number of fused-ring (bicyclic) bond motifs is 1. The second-order valence-corrected chi connectivity index (χ2v) is 3.32. The molecule has 0 atom stereocenters. The maximum atomic E-state index is 5.64. The van der Waals surface area contributed by atoms with Crippen LogP contribution in [-0.2, 0) is 6.54 Å². The van der Waals surface area contributed by atoms with Crippen LogP contribution in [0.4, 0.5) is 0 Å². The minimum atomic E-state index is 0.517. The first-order valence-electron chi connectivity index (χ1n) is 5.80. The van der Waals surface area contributed by atoms with E-state index in [1.807, 2.05) is 32.0 Å². The quantitative estimate of drug-likeness (QED) is 0.856. The van der Waals surface area contributed by atoms with Crippen LogP contribution in [0.2, 0.25) is 0 Å². The Bertz CT molecular complexity index is 523.